The molecule has 2 atom stereocenters. The molecule has 1 saturated heterocycles. The first-order valence-electron chi connectivity index (χ1n) is 10.6. The first kappa shape index (κ1) is 22.2. The van der Waals surface area contributed by atoms with Crippen molar-refractivity contribution in [1.29, 1.82) is 0 Å². The number of likely N-dealkylation sites (tertiary alicyclic amines) is 1. The van der Waals surface area contributed by atoms with E-state index in [0.717, 1.165) is 36.9 Å². The second kappa shape index (κ2) is 8.88. The van der Waals surface area contributed by atoms with Crippen LogP contribution in [0.15, 0.2) is 36.7 Å². The van der Waals surface area contributed by atoms with E-state index in [1.807, 2.05) is 12.1 Å². The Bertz CT molecular complexity index is 1170. The summed E-state index contributed by atoms with van der Waals surface area (Å²) in [6.45, 7) is 4.37. The standard InChI is InChI=1S/C23H25ClFN5O2/c1-3-30(8-4-5-20(30)22(26)31)12-14-9-16-19(11-21(14)32-2)27-13-28-23(16)29-15-6-7-18(25)17(24)10-15/h6-7,9-11,13,20H,3-5,8,12H2,1-2H3,(H2-,26,27,28,29,31)/p+1/t20-,30?/m1/s1. The number of rotatable bonds is 7. The SMILES string of the molecule is CC[N+]1(Cc2cc3c(Nc4ccc(F)c(Cl)c4)ncnc3cc2OC)CCC[C@@H]1C(N)=O. The number of hydrogen-bond donors (Lipinski definition) is 2. The van der Waals surface area contributed by atoms with Crippen molar-refractivity contribution in [2.75, 3.05) is 25.5 Å². The number of ether oxygens (including phenoxy) is 1. The molecule has 32 heavy (non-hydrogen) atoms. The van der Waals surface area contributed by atoms with Crippen molar-refractivity contribution in [2.24, 2.45) is 5.73 Å². The van der Waals surface area contributed by atoms with Crippen LogP contribution in [0.5, 0.6) is 5.75 Å². The van der Waals surface area contributed by atoms with Crippen LogP contribution in [0.4, 0.5) is 15.9 Å². The lowest BCUT2D eigenvalue weighted by molar-refractivity contribution is -0.942. The third-order valence-electron chi connectivity index (χ3n) is 6.41. The number of amides is 1. The third-order valence-corrected chi connectivity index (χ3v) is 6.70. The summed E-state index contributed by atoms with van der Waals surface area (Å²) >= 11 is 5.92. The molecule has 1 fully saturated rings. The fraction of sp³-hybridized carbons (Fsp3) is 0.348. The summed E-state index contributed by atoms with van der Waals surface area (Å²) < 4.78 is 19.8. The first-order valence-corrected chi connectivity index (χ1v) is 10.9. The monoisotopic (exact) mass is 458 g/mol. The zero-order valence-corrected chi connectivity index (χ0v) is 18.8. The molecule has 0 bridgehead atoms. The molecule has 4 rings (SSSR count). The number of aromatic nitrogens is 2. The Balaban J connectivity index is 1.77. The molecular weight excluding hydrogens is 433 g/mol. The number of benzene rings is 2. The number of nitrogens with one attached hydrogen (secondary N) is 1. The van der Waals surface area contributed by atoms with Crippen molar-refractivity contribution < 1.29 is 18.4 Å². The van der Waals surface area contributed by atoms with Crippen molar-refractivity contribution in [3.05, 3.63) is 53.1 Å². The zero-order valence-electron chi connectivity index (χ0n) is 18.1. The lowest BCUT2D eigenvalue weighted by atomic mass is 10.1. The molecule has 0 saturated carbocycles. The topological polar surface area (TPSA) is 90.1 Å². The van der Waals surface area contributed by atoms with Crippen molar-refractivity contribution in [1.82, 2.24) is 9.97 Å². The van der Waals surface area contributed by atoms with Crippen molar-refractivity contribution in [3.63, 3.8) is 0 Å². The number of hydrogen-bond acceptors (Lipinski definition) is 5. The van der Waals surface area contributed by atoms with Crippen LogP contribution in [0.2, 0.25) is 5.02 Å². The van der Waals surface area contributed by atoms with Gasteiger partial charge in [0.2, 0.25) is 0 Å². The minimum absolute atomic E-state index is 0.0247. The van der Waals surface area contributed by atoms with E-state index in [0.29, 0.717) is 33.8 Å². The highest BCUT2D eigenvalue weighted by Crippen LogP contribution is 2.36. The summed E-state index contributed by atoms with van der Waals surface area (Å²) in [7, 11) is 1.62. The Morgan fingerprint density at radius 3 is 2.84 bits per heavy atom. The van der Waals surface area contributed by atoms with Crippen LogP contribution in [0.25, 0.3) is 10.9 Å². The van der Waals surface area contributed by atoms with E-state index >= 15 is 0 Å². The average molecular weight is 459 g/mol. The molecule has 1 unspecified atom stereocenters. The highest BCUT2D eigenvalue weighted by molar-refractivity contribution is 6.31. The number of anilines is 2. The smallest absolute Gasteiger partial charge is 0.275 e. The van der Waals surface area contributed by atoms with Crippen LogP contribution < -0.4 is 15.8 Å². The maximum absolute atomic E-state index is 13.5. The second-order valence-electron chi connectivity index (χ2n) is 8.13. The Labute approximate surface area is 190 Å². The van der Waals surface area contributed by atoms with E-state index in [2.05, 4.69) is 22.2 Å². The Morgan fingerprint density at radius 2 is 2.16 bits per heavy atom. The van der Waals surface area contributed by atoms with Gasteiger partial charge in [-0.3, -0.25) is 4.79 Å². The van der Waals surface area contributed by atoms with Gasteiger partial charge >= 0.3 is 0 Å². The molecule has 2 aromatic carbocycles. The molecule has 0 radical (unpaired) electrons. The molecule has 1 amide bonds. The maximum Gasteiger partial charge on any atom is 0.275 e. The van der Waals surface area contributed by atoms with Gasteiger partial charge in [0.25, 0.3) is 5.91 Å². The van der Waals surface area contributed by atoms with Gasteiger partial charge < -0.3 is 20.3 Å². The van der Waals surface area contributed by atoms with Crippen LogP contribution in [-0.2, 0) is 11.3 Å². The summed E-state index contributed by atoms with van der Waals surface area (Å²) in [5.41, 5.74) is 8.00. The normalized spacial score (nSPS) is 20.4. The fourth-order valence-electron chi connectivity index (χ4n) is 4.71. The summed E-state index contributed by atoms with van der Waals surface area (Å²) in [5.74, 6) is 0.522. The summed E-state index contributed by atoms with van der Waals surface area (Å²) in [5, 5.41) is 4.01. The molecule has 7 nitrogen and oxygen atoms in total. The Morgan fingerprint density at radius 1 is 1.34 bits per heavy atom. The number of primary amides is 1. The van der Waals surface area contributed by atoms with E-state index in [1.165, 1.54) is 18.5 Å². The Kier molecular flexibility index (Phi) is 6.17. The van der Waals surface area contributed by atoms with Gasteiger partial charge in [-0.25, -0.2) is 14.4 Å². The maximum atomic E-state index is 13.5. The lowest BCUT2D eigenvalue weighted by Gasteiger charge is -2.38. The van der Waals surface area contributed by atoms with E-state index in [9.17, 15) is 9.18 Å². The van der Waals surface area contributed by atoms with Gasteiger partial charge in [0.15, 0.2) is 6.04 Å². The first-order chi connectivity index (χ1) is 15.4. The molecule has 3 aromatic rings. The summed E-state index contributed by atoms with van der Waals surface area (Å²) in [6.07, 6.45) is 3.21. The molecule has 3 N–H and O–H groups in total. The largest absolute Gasteiger partial charge is 0.496 e. The number of carbonyl (C=O) groups is 1. The molecule has 0 aliphatic carbocycles. The van der Waals surface area contributed by atoms with Crippen LogP contribution >= 0.6 is 11.6 Å². The minimum Gasteiger partial charge on any atom is -0.496 e. The van der Waals surface area contributed by atoms with Gasteiger partial charge in [-0.15, -0.1) is 0 Å². The summed E-state index contributed by atoms with van der Waals surface area (Å²) in [6, 6.07) is 8.05. The molecule has 1 aliphatic heterocycles. The Hall–Kier alpha value is -2.97. The number of carbonyl (C=O) groups excluding carboxylic acids is 1. The van der Waals surface area contributed by atoms with E-state index in [1.54, 1.807) is 13.2 Å². The van der Waals surface area contributed by atoms with Gasteiger partial charge in [-0.1, -0.05) is 11.6 Å². The molecular formula is C23H26ClFN5O2+. The highest BCUT2D eigenvalue weighted by atomic mass is 35.5. The van der Waals surface area contributed by atoms with Gasteiger partial charge in [-0.05, 0) is 31.2 Å². The quantitative estimate of drug-likeness (QED) is 0.519. The number of quaternary nitrogens is 1. The number of halogens is 2. The molecule has 1 aromatic heterocycles. The van der Waals surface area contributed by atoms with Gasteiger partial charge in [0.1, 0.15) is 30.3 Å². The van der Waals surface area contributed by atoms with Gasteiger partial charge in [-0.2, -0.15) is 0 Å². The van der Waals surface area contributed by atoms with Crippen molar-refractivity contribution >= 4 is 39.9 Å². The summed E-state index contributed by atoms with van der Waals surface area (Å²) in [4.78, 5) is 20.9. The third kappa shape index (κ3) is 4.08. The minimum atomic E-state index is -0.486. The van der Waals surface area contributed by atoms with Crippen LogP contribution in [0, 0.1) is 5.82 Å². The van der Waals surface area contributed by atoms with E-state index in [-0.39, 0.29) is 17.0 Å². The van der Waals surface area contributed by atoms with E-state index in [4.69, 9.17) is 22.1 Å². The van der Waals surface area contributed by atoms with Crippen LogP contribution in [0.1, 0.15) is 25.3 Å². The van der Waals surface area contributed by atoms with Gasteiger partial charge in [0, 0.05) is 35.5 Å². The van der Waals surface area contributed by atoms with Gasteiger partial charge in [0.05, 0.1) is 30.7 Å². The second-order valence-corrected chi connectivity index (χ2v) is 8.54. The average Bonchev–Trinajstić information content (AvgIpc) is 3.20. The predicted octanol–water partition coefficient (Wildman–Crippen LogP) is 4.16. The molecule has 1 aliphatic rings. The number of nitrogens with zero attached hydrogens (tertiary/aromatic N) is 3. The number of nitrogens with two attached hydrogens (primary N) is 1. The molecule has 168 valence electrons. The molecule has 9 heteroatoms. The van der Waals surface area contributed by atoms with Crippen molar-refractivity contribution in [2.45, 2.75) is 32.4 Å². The predicted molar refractivity (Wildman–Crippen MR) is 122 cm³/mol. The number of methoxy groups -OCH3 is 1. The highest BCUT2D eigenvalue weighted by Gasteiger charge is 2.44. The molecule has 2 heterocycles. The molecule has 0 spiro atoms. The zero-order chi connectivity index (χ0) is 22.9. The lowest BCUT2D eigenvalue weighted by Crippen LogP contribution is -2.55. The van der Waals surface area contributed by atoms with Crippen LogP contribution in [0.3, 0.4) is 0 Å². The van der Waals surface area contributed by atoms with E-state index < -0.39 is 5.82 Å². The number of likely N-dealkylation sites (N-methyl/N-ethyl adjacent to an activating group) is 1. The fourth-order valence-corrected chi connectivity index (χ4v) is 4.89. The van der Waals surface area contributed by atoms with Crippen molar-refractivity contribution in [3.8, 4) is 5.75 Å². The number of fused-ring (bicyclic) bond motifs is 1. The van der Waals surface area contributed by atoms with Crippen LogP contribution in [-0.4, -0.2) is 46.6 Å².